The summed E-state index contributed by atoms with van der Waals surface area (Å²) in [5, 5.41) is 3.56. The third-order valence-electron chi connectivity index (χ3n) is 5.13. The quantitative estimate of drug-likeness (QED) is 0.662. The molecule has 1 N–H and O–H groups in total. The Bertz CT molecular complexity index is 219. The molecule has 0 radical (unpaired) electrons. The lowest BCUT2D eigenvalue weighted by Crippen LogP contribution is -2.55. The Labute approximate surface area is 102 Å². The molecule has 2 rings (SSSR count). The van der Waals surface area contributed by atoms with E-state index in [0.29, 0.717) is 11.0 Å². The van der Waals surface area contributed by atoms with Gasteiger partial charge in [0.15, 0.2) is 0 Å². The Morgan fingerprint density at radius 1 is 0.938 bits per heavy atom. The molecule has 2 fully saturated rings. The molecular weight excluding hydrogens is 194 g/mol. The smallest absolute Gasteiger partial charge is 0.0232 e. The van der Waals surface area contributed by atoms with E-state index in [1.807, 2.05) is 0 Å². The summed E-state index contributed by atoms with van der Waals surface area (Å²) in [4.78, 5) is 0. The highest BCUT2D eigenvalue weighted by atomic mass is 15.0. The maximum atomic E-state index is 3.56. The van der Waals surface area contributed by atoms with Gasteiger partial charge in [-0.1, -0.05) is 13.8 Å². The Hall–Kier alpha value is -0.560. The van der Waals surface area contributed by atoms with Gasteiger partial charge in [-0.05, 0) is 50.5 Å². The molecule has 1 nitrogen and oxygen atoms in total. The van der Waals surface area contributed by atoms with Gasteiger partial charge in [-0.3, -0.25) is 0 Å². The van der Waals surface area contributed by atoms with E-state index in [1.165, 1.54) is 19.3 Å². The van der Waals surface area contributed by atoms with Crippen molar-refractivity contribution in [3.63, 3.8) is 0 Å². The van der Waals surface area contributed by atoms with Crippen LogP contribution in [-0.2, 0) is 0 Å². The van der Waals surface area contributed by atoms with E-state index in [1.54, 1.807) is 0 Å². The van der Waals surface area contributed by atoms with Crippen molar-refractivity contribution in [2.75, 3.05) is 7.05 Å². The van der Waals surface area contributed by atoms with Crippen molar-refractivity contribution in [2.45, 2.75) is 45.6 Å². The molecule has 1 heteroatoms. The minimum atomic E-state index is 0.399. The van der Waals surface area contributed by atoms with Gasteiger partial charge < -0.3 is 5.32 Å². The third kappa shape index (κ3) is 1.98. The molecule has 0 saturated heterocycles. The standard InChI is InChI=1S/C11H21N.2C2H4/c1-10(2)8-5-6-9(7-8)11(10,3)12-4;2*1-2/h8-9,12H,5-7H2,1-4H3;2*1-2H2. The molecule has 16 heavy (non-hydrogen) atoms. The molecule has 94 valence electrons. The van der Waals surface area contributed by atoms with Crippen molar-refractivity contribution in [3.8, 4) is 0 Å². The van der Waals surface area contributed by atoms with Gasteiger partial charge in [0.2, 0.25) is 0 Å². The highest BCUT2D eigenvalue weighted by Crippen LogP contribution is 2.60. The molecule has 0 amide bonds. The number of hydrogen-bond donors (Lipinski definition) is 1. The molecule has 2 aliphatic carbocycles. The van der Waals surface area contributed by atoms with E-state index < -0.39 is 0 Å². The van der Waals surface area contributed by atoms with Gasteiger partial charge in [-0.15, -0.1) is 26.3 Å². The van der Waals surface area contributed by atoms with Crippen LogP contribution in [-0.4, -0.2) is 12.6 Å². The summed E-state index contributed by atoms with van der Waals surface area (Å²) in [6.45, 7) is 19.3. The van der Waals surface area contributed by atoms with Crippen LogP contribution in [0.5, 0.6) is 0 Å². The molecule has 0 aromatic carbocycles. The molecule has 3 unspecified atom stereocenters. The Morgan fingerprint density at radius 3 is 1.62 bits per heavy atom. The summed E-state index contributed by atoms with van der Waals surface area (Å²) in [6, 6.07) is 0. The first-order valence-electron chi connectivity index (χ1n) is 6.21. The zero-order valence-electron chi connectivity index (χ0n) is 11.6. The van der Waals surface area contributed by atoms with E-state index in [-0.39, 0.29) is 0 Å². The molecule has 0 aromatic heterocycles. The maximum Gasteiger partial charge on any atom is 0.0232 e. The molecule has 3 atom stereocenters. The second-order valence-electron chi connectivity index (χ2n) is 5.38. The molecule has 2 aliphatic rings. The zero-order chi connectivity index (χ0) is 13.0. The fourth-order valence-corrected chi connectivity index (χ4v) is 3.64. The van der Waals surface area contributed by atoms with Crippen LogP contribution in [0.25, 0.3) is 0 Å². The molecule has 0 aromatic rings. The predicted molar refractivity (Wildman–Crippen MR) is 74.6 cm³/mol. The second kappa shape index (κ2) is 5.67. The van der Waals surface area contributed by atoms with Crippen LogP contribution in [0.1, 0.15) is 40.0 Å². The first kappa shape index (κ1) is 15.4. The minimum Gasteiger partial charge on any atom is -0.314 e. The average molecular weight is 223 g/mol. The van der Waals surface area contributed by atoms with Gasteiger partial charge in [-0.25, -0.2) is 0 Å². The fraction of sp³-hybridized carbons (Fsp3) is 0.733. The Morgan fingerprint density at radius 2 is 1.38 bits per heavy atom. The first-order valence-corrected chi connectivity index (χ1v) is 6.21. The van der Waals surface area contributed by atoms with E-state index >= 15 is 0 Å². The number of rotatable bonds is 1. The summed E-state index contributed by atoms with van der Waals surface area (Å²) in [6.07, 6.45) is 4.38. The maximum absolute atomic E-state index is 3.56. The van der Waals surface area contributed by atoms with Crippen molar-refractivity contribution < 1.29 is 0 Å². The minimum absolute atomic E-state index is 0.399. The predicted octanol–water partition coefficient (Wildman–Crippen LogP) is 4.03. The highest BCUT2D eigenvalue weighted by molar-refractivity contribution is 5.13. The van der Waals surface area contributed by atoms with Crippen LogP contribution in [0.2, 0.25) is 0 Å². The third-order valence-corrected chi connectivity index (χ3v) is 5.13. The topological polar surface area (TPSA) is 12.0 Å². The van der Waals surface area contributed by atoms with Crippen LogP contribution in [0.15, 0.2) is 26.3 Å². The van der Waals surface area contributed by atoms with E-state index in [4.69, 9.17) is 0 Å². The number of nitrogens with one attached hydrogen (secondary N) is 1. The van der Waals surface area contributed by atoms with Crippen LogP contribution in [0.3, 0.4) is 0 Å². The zero-order valence-corrected chi connectivity index (χ0v) is 11.6. The van der Waals surface area contributed by atoms with Gasteiger partial charge in [0, 0.05) is 5.54 Å². The van der Waals surface area contributed by atoms with Crippen LogP contribution < -0.4 is 5.32 Å². The van der Waals surface area contributed by atoms with Gasteiger partial charge >= 0.3 is 0 Å². The number of hydrogen-bond acceptors (Lipinski definition) is 1. The Balaban J connectivity index is 0.000000509. The van der Waals surface area contributed by atoms with E-state index in [2.05, 4.69) is 59.5 Å². The van der Waals surface area contributed by atoms with E-state index in [9.17, 15) is 0 Å². The molecule has 0 aliphatic heterocycles. The summed E-state index contributed by atoms with van der Waals surface area (Å²) < 4.78 is 0. The lowest BCUT2D eigenvalue weighted by molar-refractivity contribution is 0.0732. The van der Waals surface area contributed by atoms with Crippen LogP contribution in [0, 0.1) is 17.3 Å². The molecule has 2 saturated carbocycles. The Kier molecular flexibility index (Phi) is 5.48. The average Bonchev–Trinajstić information content (AvgIpc) is 2.88. The van der Waals surface area contributed by atoms with Crippen molar-refractivity contribution in [2.24, 2.45) is 17.3 Å². The largest absolute Gasteiger partial charge is 0.314 e. The number of fused-ring (bicyclic) bond motifs is 2. The van der Waals surface area contributed by atoms with Gasteiger partial charge in [0.1, 0.15) is 0 Å². The lowest BCUT2D eigenvalue weighted by Gasteiger charge is -2.47. The summed E-state index contributed by atoms with van der Waals surface area (Å²) in [7, 11) is 2.13. The summed E-state index contributed by atoms with van der Waals surface area (Å²) in [5.41, 5.74) is 0.903. The molecule has 0 heterocycles. The van der Waals surface area contributed by atoms with Gasteiger partial charge in [0.25, 0.3) is 0 Å². The summed E-state index contributed by atoms with van der Waals surface area (Å²) >= 11 is 0. The first-order chi connectivity index (χ1) is 7.52. The monoisotopic (exact) mass is 223 g/mol. The molecule has 0 spiro atoms. The SMILES string of the molecule is C=C.C=C.CNC1(C)C2CCC(C2)C1(C)C. The van der Waals surface area contributed by atoms with Crippen molar-refractivity contribution >= 4 is 0 Å². The molecular formula is C15H29N. The van der Waals surface area contributed by atoms with Crippen molar-refractivity contribution in [1.82, 2.24) is 5.32 Å². The second-order valence-corrected chi connectivity index (χ2v) is 5.38. The van der Waals surface area contributed by atoms with Gasteiger partial charge in [0.05, 0.1) is 0 Å². The highest BCUT2D eigenvalue weighted by Gasteiger charge is 2.59. The van der Waals surface area contributed by atoms with E-state index in [0.717, 1.165) is 11.8 Å². The van der Waals surface area contributed by atoms with Crippen molar-refractivity contribution in [1.29, 1.82) is 0 Å². The van der Waals surface area contributed by atoms with Crippen molar-refractivity contribution in [3.05, 3.63) is 26.3 Å². The van der Waals surface area contributed by atoms with Crippen LogP contribution >= 0.6 is 0 Å². The fourth-order valence-electron chi connectivity index (χ4n) is 3.64. The molecule has 2 bridgehead atoms. The summed E-state index contributed by atoms with van der Waals surface area (Å²) in [5.74, 6) is 1.91. The lowest BCUT2D eigenvalue weighted by atomic mass is 9.64. The normalized spacial score (nSPS) is 38.0. The van der Waals surface area contributed by atoms with Gasteiger partial charge in [-0.2, -0.15) is 0 Å². The van der Waals surface area contributed by atoms with Crippen LogP contribution in [0.4, 0.5) is 0 Å².